The van der Waals surface area contributed by atoms with Gasteiger partial charge < -0.3 is 15.7 Å². The lowest BCUT2D eigenvalue weighted by Crippen LogP contribution is -2.48. The first kappa shape index (κ1) is 13.4. The van der Waals surface area contributed by atoms with E-state index in [4.69, 9.17) is 10.8 Å². The Labute approximate surface area is 99.1 Å². The first-order chi connectivity index (χ1) is 7.97. The van der Waals surface area contributed by atoms with E-state index in [2.05, 4.69) is 6.58 Å². The largest absolute Gasteiger partial charge is 0.481 e. The quantitative estimate of drug-likeness (QED) is 0.633. The number of ketones is 1. The van der Waals surface area contributed by atoms with Gasteiger partial charge in [-0.3, -0.25) is 14.4 Å². The standard InChI is InChI=1S/C11H16N2O4/c1-2-9(14)8-4-3-5-13(8)11(17)7(12)6-10(15)16/h2,7-8H,1,3-6,12H2,(H,15,16)/t7-,8-/m0/s1. The molecule has 0 aromatic heterocycles. The minimum atomic E-state index is -1.13. The van der Waals surface area contributed by atoms with Crippen molar-refractivity contribution in [2.24, 2.45) is 5.73 Å². The number of carbonyl (C=O) groups excluding carboxylic acids is 2. The Bertz CT molecular complexity index is 353. The van der Waals surface area contributed by atoms with Crippen LogP contribution in [0, 0.1) is 0 Å². The molecule has 0 unspecified atom stereocenters. The van der Waals surface area contributed by atoms with Crippen molar-refractivity contribution in [2.75, 3.05) is 6.54 Å². The minimum Gasteiger partial charge on any atom is -0.481 e. The van der Waals surface area contributed by atoms with E-state index < -0.39 is 30.4 Å². The lowest BCUT2D eigenvalue weighted by molar-refractivity contribution is -0.143. The molecule has 1 aliphatic heterocycles. The molecule has 1 aliphatic rings. The summed E-state index contributed by atoms with van der Waals surface area (Å²) in [6.07, 6.45) is 2.05. The van der Waals surface area contributed by atoms with Crippen LogP contribution in [0.1, 0.15) is 19.3 Å². The number of aliphatic carboxylic acids is 1. The number of nitrogens with two attached hydrogens (primary N) is 1. The van der Waals surface area contributed by atoms with Crippen LogP contribution in [0.25, 0.3) is 0 Å². The fourth-order valence-corrected chi connectivity index (χ4v) is 1.95. The summed E-state index contributed by atoms with van der Waals surface area (Å²) < 4.78 is 0. The predicted molar refractivity (Wildman–Crippen MR) is 60.2 cm³/mol. The third kappa shape index (κ3) is 3.13. The molecule has 1 heterocycles. The highest BCUT2D eigenvalue weighted by Gasteiger charge is 2.35. The summed E-state index contributed by atoms with van der Waals surface area (Å²) in [5, 5.41) is 8.56. The van der Waals surface area contributed by atoms with Crippen molar-refractivity contribution >= 4 is 17.7 Å². The Hall–Kier alpha value is -1.69. The highest BCUT2D eigenvalue weighted by Crippen LogP contribution is 2.19. The van der Waals surface area contributed by atoms with E-state index >= 15 is 0 Å². The zero-order chi connectivity index (χ0) is 13.0. The van der Waals surface area contributed by atoms with Gasteiger partial charge in [0.1, 0.15) is 0 Å². The van der Waals surface area contributed by atoms with E-state index in [9.17, 15) is 14.4 Å². The number of carboxylic acids is 1. The molecule has 17 heavy (non-hydrogen) atoms. The van der Waals surface area contributed by atoms with Crippen molar-refractivity contribution < 1.29 is 19.5 Å². The van der Waals surface area contributed by atoms with Crippen molar-refractivity contribution in [3.05, 3.63) is 12.7 Å². The van der Waals surface area contributed by atoms with Gasteiger partial charge in [0.15, 0.2) is 5.78 Å². The summed E-state index contributed by atoms with van der Waals surface area (Å²) in [4.78, 5) is 35.2. The van der Waals surface area contributed by atoms with Crippen LogP contribution in [-0.2, 0) is 14.4 Å². The molecule has 0 saturated carbocycles. The van der Waals surface area contributed by atoms with E-state index in [1.807, 2.05) is 0 Å². The number of likely N-dealkylation sites (tertiary alicyclic amines) is 1. The van der Waals surface area contributed by atoms with Crippen LogP contribution in [0.15, 0.2) is 12.7 Å². The number of rotatable bonds is 5. The van der Waals surface area contributed by atoms with Crippen molar-refractivity contribution in [3.8, 4) is 0 Å². The molecule has 0 aromatic rings. The molecule has 6 nitrogen and oxygen atoms in total. The molecule has 0 radical (unpaired) electrons. The third-order valence-corrected chi connectivity index (χ3v) is 2.78. The SMILES string of the molecule is C=CC(=O)[C@@H]1CCCN1C(=O)[C@@H](N)CC(=O)O. The predicted octanol–water partition coefficient (Wildman–Crippen LogP) is -0.465. The van der Waals surface area contributed by atoms with E-state index in [0.29, 0.717) is 13.0 Å². The van der Waals surface area contributed by atoms with Crippen LogP contribution in [0.5, 0.6) is 0 Å². The summed E-state index contributed by atoms with van der Waals surface area (Å²) in [5.74, 6) is -1.83. The molecule has 94 valence electrons. The maximum absolute atomic E-state index is 11.9. The fraction of sp³-hybridized carbons (Fsp3) is 0.545. The van der Waals surface area contributed by atoms with Gasteiger partial charge in [-0.2, -0.15) is 0 Å². The lowest BCUT2D eigenvalue weighted by Gasteiger charge is -2.25. The van der Waals surface area contributed by atoms with Gasteiger partial charge in [-0.25, -0.2) is 0 Å². The average Bonchev–Trinajstić information content (AvgIpc) is 2.74. The lowest BCUT2D eigenvalue weighted by atomic mass is 10.1. The van der Waals surface area contributed by atoms with Gasteiger partial charge >= 0.3 is 5.97 Å². The number of carbonyl (C=O) groups is 3. The topological polar surface area (TPSA) is 101 Å². The number of hydrogen-bond acceptors (Lipinski definition) is 4. The van der Waals surface area contributed by atoms with Gasteiger partial charge in [0.05, 0.1) is 18.5 Å². The van der Waals surface area contributed by atoms with E-state index in [0.717, 1.165) is 6.42 Å². The highest BCUT2D eigenvalue weighted by molar-refractivity contribution is 5.98. The normalized spacial score (nSPS) is 21.0. The Kier molecular flexibility index (Phi) is 4.39. The summed E-state index contributed by atoms with van der Waals surface area (Å²) in [6.45, 7) is 3.82. The van der Waals surface area contributed by atoms with Crippen LogP contribution in [0.4, 0.5) is 0 Å². The maximum atomic E-state index is 11.9. The van der Waals surface area contributed by atoms with Crippen LogP contribution in [0.2, 0.25) is 0 Å². The van der Waals surface area contributed by atoms with Gasteiger partial charge in [0, 0.05) is 6.54 Å². The Morgan fingerprint density at radius 1 is 1.53 bits per heavy atom. The molecular formula is C11H16N2O4. The van der Waals surface area contributed by atoms with Crippen molar-refractivity contribution in [1.82, 2.24) is 4.90 Å². The molecule has 1 amide bonds. The molecule has 0 bridgehead atoms. The second-order valence-corrected chi connectivity index (χ2v) is 4.00. The number of nitrogens with zero attached hydrogens (tertiary/aromatic N) is 1. The molecule has 0 aliphatic carbocycles. The molecule has 1 saturated heterocycles. The van der Waals surface area contributed by atoms with Crippen LogP contribution in [0.3, 0.4) is 0 Å². The van der Waals surface area contributed by atoms with Gasteiger partial charge in [0.2, 0.25) is 5.91 Å². The second-order valence-electron chi connectivity index (χ2n) is 4.00. The van der Waals surface area contributed by atoms with E-state index in [1.54, 1.807) is 0 Å². The fourth-order valence-electron chi connectivity index (χ4n) is 1.95. The smallest absolute Gasteiger partial charge is 0.305 e. The molecule has 1 rings (SSSR count). The molecule has 1 fully saturated rings. The molecule has 2 atom stereocenters. The van der Waals surface area contributed by atoms with Crippen LogP contribution in [-0.4, -0.2) is 46.3 Å². The Morgan fingerprint density at radius 3 is 2.71 bits per heavy atom. The van der Waals surface area contributed by atoms with Crippen molar-refractivity contribution in [2.45, 2.75) is 31.3 Å². The molecule has 3 N–H and O–H groups in total. The van der Waals surface area contributed by atoms with Gasteiger partial charge in [-0.15, -0.1) is 0 Å². The third-order valence-electron chi connectivity index (χ3n) is 2.78. The zero-order valence-electron chi connectivity index (χ0n) is 9.46. The molecule has 0 aromatic carbocycles. The molecule has 6 heteroatoms. The van der Waals surface area contributed by atoms with E-state index in [1.165, 1.54) is 11.0 Å². The first-order valence-corrected chi connectivity index (χ1v) is 5.41. The Morgan fingerprint density at radius 2 is 2.18 bits per heavy atom. The summed E-state index contributed by atoms with van der Waals surface area (Å²) in [6, 6.07) is -1.62. The minimum absolute atomic E-state index is 0.224. The van der Waals surface area contributed by atoms with Crippen molar-refractivity contribution in [1.29, 1.82) is 0 Å². The number of hydrogen-bond donors (Lipinski definition) is 2. The number of amides is 1. The zero-order valence-corrected chi connectivity index (χ0v) is 9.46. The van der Waals surface area contributed by atoms with Crippen molar-refractivity contribution in [3.63, 3.8) is 0 Å². The van der Waals surface area contributed by atoms with Crippen LogP contribution >= 0.6 is 0 Å². The van der Waals surface area contributed by atoms with E-state index in [-0.39, 0.29) is 5.78 Å². The summed E-state index contributed by atoms with van der Waals surface area (Å²) in [7, 11) is 0. The monoisotopic (exact) mass is 240 g/mol. The maximum Gasteiger partial charge on any atom is 0.305 e. The summed E-state index contributed by atoms with van der Waals surface area (Å²) in [5.41, 5.74) is 5.49. The average molecular weight is 240 g/mol. The highest BCUT2D eigenvalue weighted by atomic mass is 16.4. The van der Waals surface area contributed by atoms with Gasteiger partial charge in [-0.05, 0) is 18.9 Å². The molecular weight excluding hydrogens is 224 g/mol. The summed E-state index contributed by atoms with van der Waals surface area (Å²) >= 11 is 0. The number of carboxylic acid groups (broad SMARTS) is 1. The Balaban J connectivity index is 2.70. The van der Waals surface area contributed by atoms with Gasteiger partial charge in [0.25, 0.3) is 0 Å². The molecule has 0 spiro atoms. The second kappa shape index (κ2) is 5.58. The van der Waals surface area contributed by atoms with Crippen LogP contribution < -0.4 is 5.73 Å². The van der Waals surface area contributed by atoms with Gasteiger partial charge in [-0.1, -0.05) is 6.58 Å². The first-order valence-electron chi connectivity index (χ1n) is 5.41.